The summed E-state index contributed by atoms with van der Waals surface area (Å²) in [7, 11) is -0.830. The molecule has 6 nitrogen and oxygen atoms in total. The molecule has 1 saturated heterocycles. The number of aryl methyl sites for hydroxylation is 2. The van der Waals surface area contributed by atoms with Crippen molar-refractivity contribution in [2.75, 3.05) is 11.5 Å². The van der Waals surface area contributed by atoms with Crippen molar-refractivity contribution in [1.29, 1.82) is 0 Å². The van der Waals surface area contributed by atoms with E-state index in [9.17, 15) is 8.42 Å². The maximum absolute atomic E-state index is 11.4. The zero-order valence-electron chi connectivity index (χ0n) is 11.2. The standard InChI is InChI=1S/C12H22N4O2S/c1-16-6-5-14-12(16)3-2-11(15-13)8-10-4-7-19(17,18)9-10/h5-6,10-11,15H,2-4,7-9,13H2,1H3. The van der Waals surface area contributed by atoms with Gasteiger partial charge in [-0.3, -0.25) is 11.3 Å². The molecule has 0 aliphatic carbocycles. The number of nitrogens with two attached hydrogens (primary N) is 1. The highest BCUT2D eigenvalue weighted by Gasteiger charge is 2.29. The zero-order valence-corrected chi connectivity index (χ0v) is 12.1. The van der Waals surface area contributed by atoms with Gasteiger partial charge in [0, 0.05) is 31.9 Å². The predicted molar refractivity (Wildman–Crippen MR) is 74.0 cm³/mol. The van der Waals surface area contributed by atoms with Gasteiger partial charge in [-0.15, -0.1) is 0 Å². The quantitative estimate of drug-likeness (QED) is 0.568. The number of hydrazine groups is 1. The summed E-state index contributed by atoms with van der Waals surface area (Å²) < 4.78 is 24.9. The third kappa shape index (κ3) is 4.02. The molecule has 7 heteroatoms. The van der Waals surface area contributed by atoms with E-state index in [-0.39, 0.29) is 12.0 Å². The summed E-state index contributed by atoms with van der Waals surface area (Å²) in [6, 6.07) is 0.148. The lowest BCUT2D eigenvalue weighted by molar-refractivity contribution is 0.389. The van der Waals surface area contributed by atoms with Gasteiger partial charge in [0.15, 0.2) is 9.84 Å². The molecule has 2 atom stereocenters. The topological polar surface area (TPSA) is 90.0 Å². The minimum absolute atomic E-state index is 0.148. The molecule has 0 spiro atoms. The van der Waals surface area contributed by atoms with Crippen molar-refractivity contribution in [3.8, 4) is 0 Å². The van der Waals surface area contributed by atoms with Crippen molar-refractivity contribution in [3.05, 3.63) is 18.2 Å². The molecule has 0 amide bonds. The molecule has 2 rings (SSSR count). The van der Waals surface area contributed by atoms with E-state index < -0.39 is 9.84 Å². The molecule has 0 aromatic carbocycles. The molecule has 0 radical (unpaired) electrons. The maximum atomic E-state index is 11.4. The first-order valence-corrected chi connectivity index (χ1v) is 8.45. The Bertz CT molecular complexity index is 512. The first-order chi connectivity index (χ1) is 9.00. The van der Waals surface area contributed by atoms with Crippen molar-refractivity contribution in [1.82, 2.24) is 15.0 Å². The lowest BCUT2D eigenvalue weighted by atomic mass is 9.96. The highest BCUT2D eigenvalue weighted by atomic mass is 32.2. The average molecular weight is 286 g/mol. The fourth-order valence-corrected chi connectivity index (χ4v) is 4.55. The van der Waals surface area contributed by atoms with E-state index in [1.807, 2.05) is 17.8 Å². The molecule has 1 fully saturated rings. The van der Waals surface area contributed by atoms with Crippen molar-refractivity contribution in [2.24, 2.45) is 18.8 Å². The first-order valence-electron chi connectivity index (χ1n) is 6.63. The second-order valence-corrected chi connectivity index (χ2v) is 7.59. The van der Waals surface area contributed by atoms with Gasteiger partial charge < -0.3 is 4.57 Å². The van der Waals surface area contributed by atoms with Crippen LogP contribution in [-0.2, 0) is 23.3 Å². The lowest BCUT2D eigenvalue weighted by Gasteiger charge is -2.18. The van der Waals surface area contributed by atoms with Gasteiger partial charge in [-0.2, -0.15) is 0 Å². The molecule has 2 heterocycles. The lowest BCUT2D eigenvalue weighted by Crippen LogP contribution is -2.37. The van der Waals surface area contributed by atoms with Crippen LogP contribution in [0.1, 0.15) is 25.1 Å². The first kappa shape index (κ1) is 14.5. The molecule has 1 aliphatic rings. The van der Waals surface area contributed by atoms with Crippen LogP contribution in [0.4, 0.5) is 0 Å². The largest absolute Gasteiger partial charge is 0.338 e. The minimum atomic E-state index is -2.80. The van der Waals surface area contributed by atoms with Gasteiger partial charge in [0.05, 0.1) is 11.5 Å². The Labute approximate surface area is 114 Å². The monoisotopic (exact) mass is 286 g/mol. The second kappa shape index (κ2) is 6.02. The number of rotatable bonds is 6. The van der Waals surface area contributed by atoms with Crippen LogP contribution in [0.15, 0.2) is 12.4 Å². The van der Waals surface area contributed by atoms with Gasteiger partial charge in [-0.1, -0.05) is 0 Å². The molecule has 19 heavy (non-hydrogen) atoms. The number of hydrogen-bond donors (Lipinski definition) is 2. The van der Waals surface area contributed by atoms with E-state index in [1.165, 1.54) is 0 Å². The van der Waals surface area contributed by atoms with Gasteiger partial charge >= 0.3 is 0 Å². The van der Waals surface area contributed by atoms with E-state index in [0.29, 0.717) is 11.5 Å². The fraction of sp³-hybridized carbons (Fsp3) is 0.750. The van der Waals surface area contributed by atoms with E-state index >= 15 is 0 Å². The third-order valence-electron chi connectivity index (χ3n) is 3.82. The molecule has 1 aliphatic heterocycles. The van der Waals surface area contributed by atoms with Gasteiger partial charge in [0.1, 0.15) is 5.82 Å². The van der Waals surface area contributed by atoms with Crippen LogP contribution in [0.2, 0.25) is 0 Å². The van der Waals surface area contributed by atoms with Gasteiger partial charge in [0.25, 0.3) is 0 Å². The smallest absolute Gasteiger partial charge is 0.150 e. The summed E-state index contributed by atoms with van der Waals surface area (Å²) in [5.41, 5.74) is 2.81. The van der Waals surface area contributed by atoms with Gasteiger partial charge in [-0.25, -0.2) is 13.4 Å². The van der Waals surface area contributed by atoms with Crippen LogP contribution in [-0.4, -0.2) is 35.5 Å². The Morgan fingerprint density at radius 1 is 1.63 bits per heavy atom. The second-order valence-electron chi connectivity index (χ2n) is 5.36. The summed E-state index contributed by atoms with van der Waals surface area (Å²) in [4.78, 5) is 4.28. The Morgan fingerprint density at radius 3 is 2.95 bits per heavy atom. The van der Waals surface area contributed by atoms with E-state index in [4.69, 9.17) is 5.84 Å². The molecule has 3 N–H and O–H groups in total. The molecule has 108 valence electrons. The Morgan fingerprint density at radius 2 is 2.42 bits per heavy atom. The summed E-state index contributed by atoms with van der Waals surface area (Å²) in [6.45, 7) is 0. The summed E-state index contributed by atoms with van der Waals surface area (Å²) in [5, 5.41) is 0. The SMILES string of the molecule is Cn1ccnc1CCC(CC1CCS(=O)(=O)C1)NN. The van der Waals surface area contributed by atoms with Crippen LogP contribution < -0.4 is 11.3 Å². The number of nitrogens with zero attached hydrogens (tertiary/aromatic N) is 2. The van der Waals surface area contributed by atoms with E-state index in [1.54, 1.807) is 6.20 Å². The Balaban J connectivity index is 1.82. The molecule has 0 saturated carbocycles. The van der Waals surface area contributed by atoms with Crippen molar-refractivity contribution >= 4 is 9.84 Å². The maximum Gasteiger partial charge on any atom is 0.150 e. The van der Waals surface area contributed by atoms with Crippen LogP contribution in [0.25, 0.3) is 0 Å². The number of sulfone groups is 1. The van der Waals surface area contributed by atoms with Crippen molar-refractivity contribution in [2.45, 2.75) is 31.7 Å². The van der Waals surface area contributed by atoms with Crippen LogP contribution >= 0.6 is 0 Å². The summed E-state index contributed by atoms with van der Waals surface area (Å²) in [6.07, 6.45) is 7.01. The number of nitrogens with one attached hydrogen (secondary N) is 1. The molecular weight excluding hydrogens is 264 g/mol. The number of imidazole rings is 1. The number of aromatic nitrogens is 2. The molecular formula is C12H22N4O2S. The molecule has 2 unspecified atom stereocenters. The Kier molecular flexibility index (Phi) is 4.59. The highest BCUT2D eigenvalue weighted by molar-refractivity contribution is 7.91. The summed E-state index contributed by atoms with van der Waals surface area (Å²) in [5.74, 6) is 7.48. The normalized spacial score (nSPS) is 23.6. The van der Waals surface area contributed by atoms with Crippen molar-refractivity contribution < 1.29 is 8.42 Å². The molecule has 1 aromatic heterocycles. The molecule has 1 aromatic rings. The van der Waals surface area contributed by atoms with E-state index in [2.05, 4.69) is 10.4 Å². The zero-order chi connectivity index (χ0) is 13.9. The molecule has 0 bridgehead atoms. The van der Waals surface area contributed by atoms with Crippen LogP contribution in [0.3, 0.4) is 0 Å². The van der Waals surface area contributed by atoms with Crippen LogP contribution in [0.5, 0.6) is 0 Å². The predicted octanol–water partition coefficient (Wildman–Crippen LogP) is 0.00940. The van der Waals surface area contributed by atoms with Gasteiger partial charge in [0.2, 0.25) is 0 Å². The third-order valence-corrected chi connectivity index (χ3v) is 5.65. The Hall–Kier alpha value is -0.920. The van der Waals surface area contributed by atoms with E-state index in [0.717, 1.165) is 31.5 Å². The minimum Gasteiger partial charge on any atom is -0.338 e. The highest BCUT2D eigenvalue weighted by Crippen LogP contribution is 2.24. The van der Waals surface area contributed by atoms with Crippen LogP contribution in [0, 0.1) is 5.92 Å². The number of hydrogen-bond acceptors (Lipinski definition) is 5. The van der Waals surface area contributed by atoms with Crippen molar-refractivity contribution in [3.63, 3.8) is 0 Å². The average Bonchev–Trinajstić information content (AvgIpc) is 2.91. The van der Waals surface area contributed by atoms with Gasteiger partial charge in [-0.05, 0) is 25.2 Å². The summed E-state index contributed by atoms with van der Waals surface area (Å²) >= 11 is 0. The fourth-order valence-electron chi connectivity index (χ4n) is 2.67.